The van der Waals surface area contributed by atoms with Gasteiger partial charge in [-0.1, -0.05) is 18.2 Å². The average molecular weight is 530 g/mol. The summed E-state index contributed by atoms with van der Waals surface area (Å²) in [7, 11) is -3.45. The van der Waals surface area contributed by atoms with E-state index in [1.807, 2.05) is 31.2 Å². The van der Waals surface area contributed by atoms with Gasteiger partial charge in [0.15, 0.2) is 9.84 Å². The minimum absolute atomic E-state index is 0.218. The summed E-state index contributed by atoms with van der Waals surface area (Å²) in [5.41, 5.74) is 9.92. The maximum Gasteiger partial charge on any atom is 0.192 e. The van der Waals surface area contributed by atoms with Crippen LogP contribution < -0.4 is 11.1 Å². The summed E-state index contributed by atoms with van der Waals surface area (Å²) in [5, 5.41) is 21.3. The summed E-state index contributed by atoms with van der Waals surface area (Å²) in [6.07, 6.45) is 5.21. The van der Waals surface area contributed by atoms with Gasteiger partial charge >= 0.3 is 0 Å². The van der Waals surface area contributed by atoms with Crippen molar-refractivity contribution in [1.29, 1.82) is 0 Å². The van der Waals surface area contributed by atoms with Crippen LogP contribution in [0.2, 0.25) is 0 Å². The van der Waals surface area contributed by atoms with Gasteiger partial charge in [0.1, 0.15) is 9.90 Å². The van der Waals surface area contributed by atoms with Gasteiger partial charge in [-0.15, -0.1) is 11.3 Å². The summed E-state index contributed by atoms with van der Waals surface area (Å²) in [5.74, 6) is 0.218. The Balaban J connectivity index is 1.47. The lowest BCUT2D eigenvalue weighted by atomic mass is 9.86. The lowest BCUT2D eigenvalue weighted by Crippen LogP contribution is -2.42. The summed E-state index contributed by atoms with van der Waals surface area (Å²) in [6.45, 7) is 6.09. The SMILES string of the molecule is Cc1cc(-c2cccc(-c3nc([C@H]4CC[C@H](NCC(C)(C)O)CC4)sc3S(=O)(=O)C3CC3)c2N)n[nH]1. The molecular formula is C26H35N5O3S2. The highest BCUT2D eigenvalue weighted by atomic mass is 32.2. The van der Waals surface area contributed by atoms with Crippen molar-refractivity contribution in [1.82, 2.24) is 20.5 Å². The van der Waals surface area contributed by atoms with E-state index in [4.69, 9.17) is 10.7 Å². The van der Waals surface area contributed by atoms with Gasteiger partial charge in [0.05, 0.1) is 27.2 Å². The van der Waals surface area contributed by atoms with Crippen LogP contribution in [0.25, 0.3) is 22.5 Å². The van der Waals surface area contributed by atoms with E-state index in [1.54, 1.807) is 13.8 Å². The number of H-pyrrole nitrogens is 1. The van der Waals surface area contributed by atoms with E-state index in [9.17, 15) is 13.5 Å². The lowest BCUT2D eigenvalue weighted by molar-refractivity contribution is 0.0742. The second kappa shape index (κ2) is 9.55. The first-order valence-corrected chi connectivity index (χ1v) is 15.0. The molecule has 1 aromatic carbocycles. The molecular weight excluding hydrogens is 494 g/mol. The van der Waals surface area contributed by atoms with Crippen LogP contribution in [0.1, 0.15) is 69.0 Å². The van der Waals surface area contributed by atoms with E-state index in [1.165, 1.54) is 11.3 Å². The number of nitrogens with zero attached hydrogens (tertiary/aromatic N) is 2. The zero-order valence-corrected chi connectivity index (χ0v) is 22.7. The van der Waals surface area contributed by atoms with Crippen molar-refractivity contribution in [2.24, 2.45) is 0 Å². The highest BCUT2D eigenvalue weighted by Gasteiger charge is 2.41. The first-order valence-electron chi connectivity index (χ1n) is 12.6. The van der Waals surface area contributed by atoms with Gasteiger partial charge in [0, 0.05) is 35.3 Å². The highest BCUT2D eigenvalue weighted by Crippen LogP contribution is 2.46. The fourth-order valence-corrected chi connectivity index (χ4v) is 8.47. The van der Waals surface area contributed by atoms with Crippen LogP contribution in [-0.4, -0.2) is 52.1 Å². The third-order valence-corrected chi connectivity index (χ3v) is 11.1. The lowest BCUT2D eigenvalue weighted by Gasteiger charge is -2.30. The van der Waals surface area contributed by atoms with Crippen molar-refractivity contribution in [2.45, 2.75) is 86.3 Å². The van der Waals surface area contributed by atoms with Gasteiger partial charge in [-0.25, -0.2) is 13.4 Å². The number of aliphatic hydroxyl groups is 1. The van der Waals surface area contributed by atoms with Gasteiger partial charge in [0.2, 0.25) is 0 Å². The zero-order valence-electron chi connectivity index (χ0n) is 21.0. The molecule has 0 unspecified atom stereocenters. The first-order chi connectivity index (χ1) is 17.0. The molecule has 2 aliphatic rings. The molecule has 0 saturated heterocycles. The summed E-state index contributed by atoms with van der Waals surface area (Å²) < 4.78 is 27.3. The standard InChI is InChI=1S/C26H35N5O3S2/c1-15-13-21(31-30-15)19-5-4-6-20(22(19)27)23-25(36(33,34)18-11-12-18)35-24(29-23)16-7-9-17(10-8-16)28-14-26(2,3)32/h4-6,13,16-18,28,32H,7-12,14,27H2,1-3H3,(H,30,31)/t16-,17-. The van der Waals surface area contributed by atoms with Gasteiger partial charge in [-0.2, -0.15) is 5.10 Å². The maximum absolute atomic E-state index is 13.5. The Labute approximate surface area is 216 Å². The number of rotatable bonds is 8. The third-order valence-electron chi connectivity index (χ3n) is 7.08. The molecule has 8 nitrogen and oxygen atoms in total. The van der Waals surface area contributed by atoms with Crippen LogP contribution in [0.3, 0.4) is 0 Å². The Bertz CT molecular complexity index is 1340. The number of anilines is 1. The normalized spacial score (nSPS) is 21.1. The van der Waals surface area contributed by atoms with E-state index in [0.29, 0.717) is 46.6 Å². The Kier molecular flexibility index (Phi) is 6.74. The molecule has 2 fully saturated rings. The minimum atomic E-state index is -3.45. The molecule has 0 bridgehead atoms. The van der Waals surface area contributed by atoms with Crippen LogP contribution in [-0.2, 0) is 9.84 Å². The molecule has 3 aromatic rings. The number of nitrogens with one attached hydrogen (secondary N) is 2. The Hall–Kier alpha value is -2.27. The van der Waals surface area contributed by atoms with E-state index < -0.39 is 15.4 Å². The first kappa shape index (κ1) is 25.4. The predicted molar refractivity (Wildman–Crippen MR) is 144 cm³/mol. The zero-order chi connectivity index (χ0) is 25.7. The summed E-state index contributed by atoms with van der Waals surface area (Å²) in [6, 6.07) is 7.93. The van der Waals surface area contributed by atoms with Crippen molar-refractivity contribution in [3.8, 4) is 22.5 Å². The van der Waals surface area contributed by atoms with E-state index in [2.05, 4.69) is 15.5 Å². The van der Waals surface area contributed by atoms with Gasteiger partial charge < -0.3 is 16.2 Å². The molecule has 2 heterocycles. The smallest absolute Gasteiger partial charge is 0.192 e. The van der Waals surface area contributed by atoms with E-state index in [0.717, 1.165) is 47.6 Å². The third kappa shape index (κ3) is 5.22. The quantitative estimate of drug-likeness (QED) is 0.318. The largest absolute Gasteiger partial charge is 0.398 e. The highest BCUT2D eigenvalue weighted by molar-refractivity contribution is 7.94. The van der Waals surface area contributed by atoms with Crippen LogP contribution >= 0.6 is 11.3 Å². The molecule has 2 saturated carbocycles. The van der Waals surface area contributed by atoms with Crippen LogP contribution in [0, 0.1) is 6.92 Å². The number of aromatic amines is 1. The molecule has 0 aliphatic heterocycles. The van der Waals surface area contributed by atoms with Crippen molar-refractivity contribution in [3.05, 3.63) is 35.0 Å². The van der Waals surface area contributed by atoms with E-state index >= 15 is 0 Å². The molecule has 0 amide bonds. The molecule has 0 atom stereocenters. The number of hydrogen-bond acceptors (Lipinski definition) is 8. The Morgan fingerprint density at radius 1 is 1.17 bits per heavy atom. The number of para-hydroxylation sites is 1. The monoisotopic (exact) mass is 529 g/mol. The molecule has 194 valence electrons. The second-order valence-corrected chi connectivity index (χ2v) is 14.3. The number of nitrogens with two attached hydrogens (primary N) is 1. The Morgan fingerprint density at radius 2 is 1.86 bits per heavy atom. The molecule has 0 spiro atoms. The van der Waals surface area contributed by atoms with Gasteiger partial charge in [-0.3, -0.25) is 5.10 Å². The van der Waals surface area contributed by atoms with Crippen molar-refractivity contribution >= 4 is 26.9 Å². The molecule has 5 rings (SSSR count). The van der Waals surface area contributed by atoms with E-state index in [-0.39, 0.29) is 11.2 Å². The van der Waals surface area contributed by atoms with Crippen molar-refractivity contribution in [2.75, 3.05) is 12.3 Å². The second-order valence-electron chi connectivity index (χ2n) is 10.9. The minimum Gasteiger partial charge on any atom is -0.398 e. The Morgan fingerprint density at radius 3 is 2.47 bits per heavy atom. The number of aryl methyl sites for hydroxylation is 1. The van der Waals surface area contributed by atoms with Crippen LogP contribution in [0.15, 0.2) is 28.5 Å². The van der Waals surface area contributed by atoms with Gasteiger partial charge in [-0.05, 0) is 65.4 Å². The topological polar surface area (TPSA) is 134 Å². The number of benzene rings is 1. The predicted octanol–water partition coefficient (Wildman–Crippen LogP) is 4.41. The molecule has 2 aliphatic carbocycles. The number of hydrogen-bond donors (Lipinski definition) is 4. The molecule has 0 radical (unpaired) electrons. The maximum atomic E-state index is 13.5. The average Bonchev–Trinajstić information content (AvgIpc) is 3.47. The van der Waals surface area contributed by atoms with Crippen molar-refractivity contribution in [3.63, 3.8) is 0 Å². The molecule has 10 heteroatoms. The number of sulfone groups is 1. The van der Waals surface area contributed by atoms with Crippen LogP contribution in [0.5, 0.6) is 0 Å². The summed E-state index contributed by atoms with van der Waals surface area (Å²) >= 11 is 1.33. The fourth-order valence-electron chi connectivity index (χ4n) is 4.88. The number of nitrogen functional groups attached to an aromatic ring is 1. The molecule has 5 N–H and O–H groups in total. The van der Waals surface area contributed by atoms with Gasteiger partial charge in [0.25, 0.3) is 0 Å². The number of thiazole rings is 1. The molecule has 36 heavy (non-hydrogen) atoms. The summed E-state index contributed by atoms with van der Waals surface area (Å²) in [4.78, 5) is 4.96. The molecule has 2 aromatic heterocycles. The van der Waals surface area contributed by atoms with Crippen LogP contribution in [0.4, 0.5) is 5.69 Å². The van der Waals surface area contributed by atoms with Crippen molar-refractivity contribution < 1.29 is 13.5 Å². The fraction of sp³-hybridized carbons (Fsp3) is 0.538. The number of aromatic nitrogens is 3.